The minimum absolute atomic E-state index is 0.130. The summed E-state index contributed by atoms with van der Waals surface area (Å²) in [5, 5.41) is 4.40. The smallest absolute Gasteiger partial charge is 0.280 e. The highest BCUT2D eigenvalue weighted by Crippen LogP contribution is 2.30. The summed E-state index contributed by atoms with van der Waals surface area (Å²) in [7, 11) is -1.23. The van der Waals surface area contributed by atoms with Gasteiger partial charge in [0.15, 0.2) is 0 Å². The SMILES string of the molecule is COc1ccc(OC)c(S(=O)(=O)N/N=C/c2c(Cl)ccc(Cl)c2Cl)c1. The van der Waals surface area contributed by atoms with Gasteiger partial charge in [-0.2, -0.15) is 18.4 Å². The van der Waals surface area contributed by atoms with Crippen molar-refractivity contribution in [2.24, 2.45) is 5.10 Å². The Morgan fingerprint density at radius 1 is 1.04 bits per heavy atom. The zero-order valence-electron chi connectivity index (χ0n) is 13.1. The third-order valence-electron chi connectivity index (χ3n) is 3.11. The number of benzene rings is 2. The van der Waals surface area contributed by atoms with Crippen LogP contribution in [0, 0.1) is 0 Å². The maximum absolute atomic E-state index is 12.5. The summed E-state index contributed by atoms with van der Waals surface area (Å²) in [4.78, 5) is 1.94. The van der Waals surface area contributed by atoms with Crippen molar-refractivity contribution >= 4 is 51.0 Å². The zero-order chi connectivity index (χ0) is 18.6. The van der Waals surface area contributed by atoms with Crippen molar-refractivity contribution in [1.82, 2.24) is 4.83 Å². The van der Waals surface area contributed by atoms with Crippen LogP contribution in [0.3, 0.4) is 0 Å². The van der Waals surface area contributed by atoms with E-state index in [1.165, 1.54) is 44.7 Å². The number of halogens is 3. The van der Waals surface area contributed by atoms with E-state index in [4.69, 9.17) is 44.3 Å². The number of ether oxygens (including phenoxy) is 2. The Bertz CT molecular complexity index is 917. The van der Waals surface area contributed by atoms with Crippen LogP contribution in [0.5, 0.6) is 11.5 Å². The molecule has 2 rings (SSSR count). The van der Waals surface area contributed by atoms with E-state index in [1.807, 2.05) is 0 Å². The van der Waals surface area contributed by atoms with E-state index < -0.39 is 10.0 Å². The number of hydrogen-bond donors (Lipinski definition) is 1. The Labute approximate surface area is 160 Å². The van der Waals surface area contributed by atoms with Gasteiger partial charge < -0.3 is 9.47 Å². The predicted molar refractivity (Wildman–Crippen MR) is 98.9 cm³/mol. The number of nitrogens with zero attached hydrogens (tertiary/aromatic N) is 1. The zero-order valence-corrected chi connectivity index (χ0v) is 16.2. The molecule has 0 aromatic heterocycles. The molecule has 0 spiro atoms. The normalized spacial score (nSPS) is 11.6. The number of rotatable bonds is 6. The minimum Gasteiger partial charge on any atom is -0.497 e. The van der Waals surface area contributed by atoms with Gasteiger partial charge in [0.25, 0.3) is 10.0 Å². The summed E-state index contributed by atoms with van der Waals surface area (Å²) in [6.07, 6.45) is 1.17. The molecule has 0 aliphatic heterocycles. The summed E-state index contributed by atoms with van der Waals surface area (Å²) < 4.78 is 35.0. The van der Waals surface area contributed by atoms with E-state index in [2.05, 4.69) is 9.93 Å². The highest BCUT2D eigenvalue weighted by atomic mass is 35.5. The maximum Gasteiger partial charge on any atom is 0.280 e. The van der Waals surface area contributed by atoms with Crippen molar-refractivity contribution in [3.05, 3.63) is 51.0 Å². The van der Waals surface area contributed by atoms with Crippen molar-refractivity contribution in [2.75, 3.05) is 14.2 Å². The quantitative estimate of drug-likeness (QED) is 0.433. The molecule has 0 fully saturated rings. The number of methoxy groups -OCH3 is 2. The van der Waals surface area contributed by atoms with Gasteiger partial charge in [0.1, 0.15) is 16.4 Å². The molecule has 0 aliphatic carbocycles. The van der Waals surface area contributed by atoms with Crippen LogP contribution in [0.1, 0.15) is 5.56 Å². The molecule has 1 N–H and O–H groups in total. The van der Waals surface area contributed by atoms with Crippen LogP contribution in [-0.4, -0.2) is 28.9 Å². The summed E-state index contributed by atoms with van der Waals surface area (Å²) in [6, 6.07) is 7.41. The molecule has 25 heavy (non-hydrogen) atoms. The fraction of sp³-hybridized carbons (Fsp3) is 0.133. The Kier molecular flexibility index (Phi) is 6.40. The molecular formula is C15H13Cl3N2O4S. The van der Waals surface area contributed by atoms with Gasteiger partial charge in [0.05, 0.1) is 35.5 Å². The second-order valence-electron chi connectivity index (χ2n) is 4.63. The maximum atomic E-state index is 12.5. The molecule has 0 saturated heterocycles. The molecule has 0 radical (unpaired) electrons. The first-order chi connectivity index (χ1) is 11.8. The van der Waals surface area contributed by atoms with Gasteiger partial charge in [-0.1, -0.05) is 34.8 Å². The Balaban J connectivity index is 2.33. The lowest BCUT2D eigenvalue weighted by atomic mass is 10.2. The summed E-state index contributed by atoms with van der Waals surface area (Å²) in [5.41, 5.74) is 0.288. The van der Waals surface area contributed by atoms with Gasteiger partial charge in [-0.15, -0.1) is 0 Å². The summed E-state index contributed by atoms with van der Waals surface area (Å²) in [5.74, 6) is 0.494. The van der Waals surface area contributed by atoms with Crippen LogP contribution in [0.15, 0.2) is 40.3 Å². The second-order valence-corrected chi connectivity index (χ2v) is 7.45. The largest absolute Gasteiger partial charge is 0.497 e. The van der Waals surface area contributed by atoms with Crippen molar-refractivity contribution in [3.63, 3.8) is 0 Å². The predicted octanol–water partition coefficient (Wildman–Crippen LogP) is 3.98. The molecule has 6 nitrogen and oxygen atoms in total. The molecule has 0 aliphatic rings. The summed E-state index contributed by atoms with van der Waals surface area (Å²) >= 11 is 17.9. The molecule has 0 unspecified atom stereocenters. The van der Waals surface area contributed by atoms with E-state index >= 15 is 0 Å². The third kappa shape index (κ3) is 4.49. The Morgan fingerprint density at radius 2 is 1.72 bits per heavy atom. The molecular weight excluding hydrogens is 411 g/mol. The highest BCUT2D eigenvalue weighted by Gasteiger charge is 2.20. The minimum atomic E-state index is -4.01. The Morgan fingerprint density at radius 3 is 2.36 bits per heavy atom. The van der Waals surface area contributed by atoms with Crippen LogP contribution in [0.4, 0.5) is 0 Å². The average Bonchev–Trinajstić information content (AvgIpc) is 2.60. The number of hydrazone groups is 1. The molecule has 10 heteroatoms. The molecule has 0 amide bonds. The first-order valence-corrected chi connectivity index (χ1v) is 9.32. The van der Waals surface area contributed by atoms with Crippen molar-refractivity contribution in [1.29, 1.82) is 0 Å². The van der Waals surface area contributed by atoms with Crippen LogP contribution >= 0.6 is 34.8 Å². The lowest BCUT2D eigenvalue weighted by molar-refractivity contribution is 0.392. The van der Waals surface area contributed by atoms with Crippen molar-refractivity contribution in [3.8, 4) is 11.5 Å². The molecule has 0 saturated carbocycles. The first kappa shape index (κ1) is 19.7. The number of sulfonamides is 1. The highest BCUT2D eigenvalue weighted by molar-refractivity contribution is 7.89. The van der Waals surface area contributed by atoms with Gasteiger partial charge in [-0.3, -0.25) is 0 Å². The van der Waals surface area contributed by atoms with Crippen LogP contribution < -0.4 is 14.3 Å². The molecule has 0 atom stereocenters. The fourth-order valence-corrected chi connectivity index (χ4v) is 3.47. The third-order valence-corrected chi connectivity index (χ3v) is 5.50. The molecule has 2 aromatic rings. The second kappa shape index (κ2) is 8.14. The number of hydrogen-bond acceptors (Lipinski definition) is 5. The van der Waals surface area contributed by atoms with Gasteiger partial charge in [-0.25, -0.2) is 0 Å². The first-order valence-electron chi connectivity index (χ1n) is 6.70. The van der Waals surface area contributed by atoms with E-state index in [-0.39, 0.29) is 31.3 Å². The van der Waals surface area contributed by atoms with Crippen LogP contribution in [-0.2, 0) is 10.0 Å². The summed E-state index contributed by atoms with van der Waals surface area (Å²) in [6.45, 7) is 0. The number of nitrogens with one attached hydrogen (secondary N) is 1. The van der Waals surface area contributed by atoms with Gasteiger partial charge in [0, 0.05) is 11.6 Å². The van der Waals surface area contributed by atoms with Gasteiger partial charge in [-0.05, 0) is 24.3 Å². The topological polar surface area (TPSA) is 77.0 Å². The lowest BCUT2D eigenvalue weighted by Crippen LogP contribution is -2.19. The van der Waals surface area contributed by atoms with E-state index in [1.54, 1.807) is 6.07 Å². The fourth-order valence-electron chi connectivity index (χ4n) is 1.86. The molecule has 2 aromatic carbocycles. The standard InChI is InChI=1S/C15H13Cl3N2O4S/c1-23-9-3-6-13(24-2)14(7-9)25(21,22)20-19-8-10-11(16)4-5-12(17)15(10)18/h3-8,20H,1-2H3/b19-8+. The van der Waals surface area contributed by atoms with Gasteiger partial charge in [0.2, 0.25) is 0 Å². The van der Waals surface area contributed by atoms with Gasteiger partial charge >= 0.3 is 0 Å². The van der Waals surface area contributed by atoms with Crippen LogP contribution in [0.2, 0.25) is 15.1 Å². The monoisotopic (exact) mass is 422 g/mol. The average molecular weight is 424 g/mol. The van der Waals surface area contributed by atoms with Crippen molar-refractivity contribution < 1.29 is 17.9 Å². The molecule has 0 heterocycles. The Hall–Kier alpha value is -1.67. The van der Waals surface area contributed by atoms with Crippen LogP contribution in [0.25, 0.3) is 0 Å². The van der Waals surface area contributed by atoms with Crippen molar-refractivity contribution in [2.45, 2.75) is 4.90 Å². The van der Waals surface area contributed by atoms with E-state index in [0.29, 0.717) is 5.75 Å². The van der Waals surface area contributed by atoms with E-state index in [0.717, 1.165) is 0 Å². The molecule has 0 bridgehead atoms. The van der Waals surface area contributed by atoms with E-state index in [9.17, 15) is 8.42 Å². The molecule has 134 valence electrons. The lowest BCUT2D eigenvalue weighted by Gasteiger charge is -2.10.